The van der Waals surface area contributed by atoms with Crippen molar-refractivity contribution >= 4 is 11.9 Å². The fourth-order valence-electron chi connectivity index (χ4n) is 3.00. The van der Waals surface area contributed by atoms with Crippen LogP contribution < -0.4 is 4.90 Å². The van der Waals surface area contributed by atoms with Gasteiger partial charge in [0.25, 0.3) is 5.91 Å². The number of aromatic hydroxyl groups is 1. The van der Waals surface area contributed by atoms with Crippen LogP contribution >= 0.6 is 0 Å². The lowest BCUT2D eigenvalue weighted by atomic mass is 10.1. The number of carbonyl (C=O) groups excluding carboxylic acids is 1. The van der Waals surface area contributed by atoms with E-state index >= 15 is 0 Å². The second-order valence-electron chi connectivity index (χ2n) is 7.05. The number of nitrogens with zero attached hydrogens (tertiary/aromatic N) is 4. The maximum absolute atomic E-state index is 13.5. The van der Waals surface area contributed by atoms with Gasteiger partial charge in [0.15, 0.2) is 11.6 Å². The van der Waals surface area contributed by atoms with E-state index in [1.807, 2.05) is 0 Å². The minimum atomic E-state index is -4.59. The highest BCUT2D eigenvalue weighted by Gasteiger charge is 2.35. The number of hydrogen-bond acceptors (Lipinski definition) is 5. The van der Waals surface area contributed by atoms with Crippen molar-refractivity contribution in [3.05, 3.63) is 47.0 Å². The van der Waals surface area contributed by atoms with E-state index in [1.54, 1.807) is 18.7 Å². The summed E-state index contributed by atoms with van der Waals surface area (Å²) in [5.41, 5.74) is -0.879. The predicted molar refractivity (Wildman–Crippen MR) is 97.3 cm³/mol. The van der Waals surface area contributed by atoms with Crippen LogP contribution in [0.5, 0.6) is 5.75 Å². The lowest BCUT2D eigenvalue weighted by Crippen LogP contribution is -2.49. The standard InChI is InChI=1S/C19H20F4N4O2/c1-11(2)14-10-15(19(21,22)23)25-18(24-14)27-8-6-26(7-9-27)17(29)12-4-3-5-13(20)16(12)28/h3-5,10-11,28H,6-9H2,1-2H3. The van der Waals surface area contributed by atoms with Gasteiger partial charge in [-0.2, -0.15) is 13.2 Å². The largest absolute Gasteiger partial charge is 0.504 e. The van der Waals surface area contributed by atoms with Crippen LogP contribution in [0.15, 0.2) is 24.3 Å². The summed E-state index contributed by atoms with van der Waals surface area (Å²) in [6, 6.07) is 4.63. The van der Waals surface area contributed by atoms with Crippen molar-refractivity contribution in [1.82, 2.24) is 14.9 Å². The number of para-hydroxylation sites is 1. The van der Waals surface area contributed by atoms with Crippen LogP contribution in [-0.4, -0.2) is 52.1 Å². The van der Waals surface area contributed by atoms with Crippen LogP contribution in [0, 0.1) is 5.82 Å². The highest BCUT2D eigenvalue weighted by molar-refractivity contribution is 5.97. The number of phenols is 1. The van der Waals surface area contributed by atoms with Crippen LogP contribution in [0.25, 0.3) is 0 Å². The van der Waals surface area contributed by atoms with Gasteiger partial charge in [0.05, 0.1) is 5.56 Å². The SMILES string of the molecule is CC(C)c1cc(C(F)(F)F)nc(N2CCN(C(=O)c3cccc(F)c3O)CC2)n1. The number of rotatable bonds is 3. The number of carbonyl (C=O) groups is 1. The van der Waals surface area contributed by atoms with Gasteiger partial charge in [-0.05, 0) is 24.1 Å². The molecule has 0 spiro atoms. The Morgan fingerprint density at radius 1 is 1.14 bits per heavy atom. The molecule has 10 heteroatoms. The molecule has 1 saturated heterocycles. The molecule has 1 aromatic heterocycles. The fraction of sp³-hybridized carbons (Fsp3) is 0.421. The summed E-state index contributed by atoms with van der Waals surface area (Å²) >= 11 is 0. The van der Waals surface area contributed by atoms with E-state index in [9.17, 15) is 27.5 Å². The molecule has 2 heterocycles. The van der Waals surface area contributed by atoms with E-state index in [0.717, 1.165) is 12.1 Å². The second-order valence-corrected chi connectivity index (χ2v) is 7.05. The van der Waals surface area contributed by atoms with E-state index in [-0.39, 0.29) is 49.3 Å². The van der Waals surface area contributed by atoms with Gasteiger partial charge < -0.3 is 14.9 Å². The third kappa shape index (κ3) is 4.41. The van der Waals surface area contributed by atoms with Crippen LogP contribution in [-0.2, 0) is 6.18 Å². The summed E-state index contributed by atoms with van der Waals surface area (Å²) in [6.45, 7) is 4.25. The van der Waals surface area contributed by atoms with E-state index in [2.05, 4.69) is 9.97 Å². The molecule has 1 aliphatic rings. The minimum absolute atomic E-state index is 0.0378. The Balaban J connectivity index is 1.78. The molecule has 0 bridgehead atoms. The predicted octanol–water partition coefficient (Wildman–Crippen LogP) is 3.43. The lowest BCUT2D eigenvalue weighted by Gasteiger charge is -2.35. The van der Waals surface area contributed by atoms with Crippen molar-refractivity contribution in [1.29, 1.82) is 0 Å². The number of benzene rings is 1. The number of alkyl halides is 3. The van der Waals surface area contributed by atoms with Gasteiger partial charge >= 0.3 is 6.18 Å². The number of phenolic OH excluding ortho intramolecular Hbond substituents is 1. The highest BCUT2D eigenvalue weighted by atomic mass is 19.4. The molecule has 6 nitrogen and oxygen atoms in total. The van der Waals surface area contributed by atoms with Crippen molar-refractivity contribution in [3.8, 4) is 5.75 Å². The van der Waals surface area contributed by atoms with Gasteiger partial charge in [-0.25, -0.2) is 14.4 Å². The topological polar surface area (TPSA) is 69.6 Å². The summed E-state index contributed by atoms with van der Waals surface area (Å²) in [6.07, 6.45) is -4.59. The van der Waals surface area contributed by atoms with Crippen molar-refractivity contribution in [3.63, 3.8) is 0 Å². The molecule has 0 atom stereocenters. The third-order valence-corrected chi connectivity index (χ3v) is 4.68. The molecular weight excluding hydrogens is 392 g/mol. The van der Waals surface area contributed by atoms with Crippen molar-refractivity contribution in [2.24, 2.45) is 0 Å². The molecule has 3 rings (SSSR count). The zero-order valence-electron chi connectivity index (χ0n) is 15.9. The lowest BCUT2D eigenvalue weighted by molar-refractivity contribution is -0.141. The molecule has 1 aliphatic heterocycles. The minimum Gasteiger partial charge on any atom is -0.504 e. The number of aromatic nitrogens is 2. The molecule has 1 aromatic carbocycles. The van der Waals surface area contributed by atoms with Crippen molar-refractivity contribution < 1.29 is 27.5 Å². The Morgan fingerprint density at radius 2 is 1.79 bits per heavy atom. The number of anilines is 1. The first-order valence-corrected chi connectivity index (χ1v) is 9.05. The molecule has 1 fully saturated rings. The van der Waals surface area contributed by atoms with Gasteiger partial charge in [0, 0.05) is 31.9 Å². The molecule has 0 radical (unpaired) electrons. The van der Waals surface area contributed by atoms with Crippen LogP contribution in [0.4, 0.5) is 23.5 Å². The Hall–Kier alpha value is -2.91. The molecule has 1 N–H and O–H groups in total. The summed E-state index contributed by atoms with van der Waals surface area (Å²) in [7, 11) is 0. The molecule has 0 aliphatic carbocycles. The van der Waals surface area contributed by atoms with Gasteiger partial charge in [-0.1, -0.05) is 19.9 Å². The molecular formula is C19H20F4N4O2. The molecule has 0 saturated carbocycles. The van der Waals surface area contributed by atoms with E-state index < -0.39 is 29.3 Å². The first-order chi connectivity index (χ1) is 13.6. The highest BCUT2D eigenvalue weighted by Crippen LogP contribution is 2.31. The number of halogens is 4. The van der Waals surface area contributed by atoms with E-state index in [4.69, 9.17) is 0 Å². The Kier molecular flexibility index (Phi) is 5.63. The Bertz CT molecular complexity index is 910. The van der Waals surface area contributed by atoms with Gasteiger partial charge in [0.1, 0.15) is 5.69 Å². The average molecular weight is 412 g/mol. The average Bonchev–Trinajstić information content (AvgIpc) is 2.68. The Labute approximate surface area is 164 Å². The summed E-state index contributed by atoms with van der Waals surface area (Å²) in [5.74, 6) is -2.41. The summed E-state index contributed by atoms with van der Waals surface area (Å²) in [4.78, 5) is 23.4. The molecule has 2 aromatic rings. The van der Waals surface area contributed by atoms with Gasteiger partial charge in [0.2, 0.25) is 5.95 Å². The van der Waals surface area contributed by atoms with Crippen LogP contribution in [0.1, 0.15) is 41.5 Å². The summed E-state index contributed by atoms with van der Waals surface area (Å²) in [5, 5.41) is 9.76. The first kappa shape index (κ1) is 20.8. The van der Waals surface area contributed by atoms with Gasteiger partial charge in [-0.3, -0.25) is 4.79 Å². The first-order valence-electron chi connectivity index (χ1n) is 9.05. The van der Waals surface area contributed by atoms with Crippen molar-refractivity contribution in [2.45, 2.75) is 25.9 Å². The van der Waals surface area contributed by atoms with Crippen LogP contribution in [0.3, 0.4) is 0 Å². The number of hydrogen-bond donors (Lipinski definition) is 1. The molecule has 156 valence electrons. The zero-order valence-corrected chi connectivity index (χ0v) is 15.9. The maximum atomic E-state index is 13.5. The van der Waals surface area contributed by atoms with Crippen molar-refractivity contribution in [2.75, 3.05) is 31.1 Å². The Morgan fingerprint density at radius 3 is 2.38 bits per heavy atom. The van der Waals surface area contributed by atoms with Gasteiger partial charge in [-0.15, -0.1) is 0 Å². The second kappa shape index (κ2) is 7.84. The maximum Gasteiger partial charge on any atom is 0.433 e. The monoisotopic (exact) mass is 412 g/mol. The quantitative estimate of drug-likeness (QED) is 0.783. The normalized spacial score (nSPS) is 15.1. The van der Waals surface area contributed by atoms with E-state index in [1.165, 1.54) is 17.0 Å². The number of piperazine rings is 1. The zero-order chi connectivity index (χ0) is 21.3. The number of amides is 1. The third-order valence-electron chi connectivity index (χ3n) is 4.68. The van der Waals surface area contributed by atoms with E-state index in [0.29, 0.717) is 0 Å². The molecule has 0 unspecified atom stereocenters. The summed E-state index contributed by atoms with van der Waals surface area (Å²) < 4.78 is 53.1. The smallest absolute Gasteiger partial charge is 0.433 e. The molecule has 1 amide bonds. The van der Waals surface area contributed by atoms with Crippen LogP contribution in [0.2, 0.25) is 0 Å². The molecule has 29 heavy (non-hydrogen) atoms. The fourth-order valence-corrected chi connectivity index (χ4v) is 3.00.